The van der Waals surface area contributed by atoms with Gasteiger partial charge in [-0.15, -0.1) is 11.6 Å². The molecule has 1 aromatic rings. The average Bonchev–Trinajstić information content (AvgIpc) is 2.82. The number of halogens is 1. The summed E-state index contributed by atoms with van der Waals surface area (Å²) in [6.07, 6.45) is 6.26. The van der Waals surface area contributed by atoms with E-state index in [-0.39, 0.29) is 29.4 Å². The van der Waals surface area contributed by atoms with Crippen molar-refractivity contribution < 1.29 is 24.9 Å². The summed E-state index contributed by atoms with van der Waals surface area (Å²) in [5, 5.41) is 28.2. The van der Waals surface area contributed by atoms with Gasteiger partial charge >= 0.3 is 5.97 Å². The Morgan fingerprint density at radius 3 is 2.84 bits per heavy atom. The van der Waals surface area contributed by atoms with Gasteiger partial charge in [-0.1, -0.05) is 18.2 Å². The van der Waals surface area contributed by atoms with E-state index in [0.717, 1.165) is 12.8 Å². The number of aromatic hydroxyl groups is 1. The first kappa shape index (κ1) is 19.6. The van der Waals surface area contributed by atoms with Crippen LogP contribution in [0.3, 0.4) is 0 Å². The molecule has 3 N–H and O–H groups in total. The van der Waals surface area contributed by atoms with Crippen LogP contribution in [-0.4, -0.2) is 39.4 Å². The van der Waals surface area contributed by atoms with Crippen molar-refractivity contribution >= 4 is 17.6 Å². The van der Waals surface area contributed by atoms with Crippen molar-refractivity contribution in [3.63, 3.8) is 0 Å². The Labute approximate surface area is 152 Å². The minimum Gasteiger partial charge on any atom is -0.508 e. The minimum atomic E-state index is -0.780. The van der Waals surface area contributed by atoms with Gasteiger partial charge in [0.25, 0.3) is 0 Å². The van der Waals surface area contributed by atoms with Crippen LogP contribution in [0.5, 0.6) is 11.5 Å². The van der Waals surface area contributed by atoms with Gasteiger partial charge in [-0.2, -0.15) is 0 Å². The molecule has 1 saturated carbocycles. The summed E-state index contributed by atoms with van der Waals surface area (Å²) in [5.74, 6) is -0.0516. The first-order valence-corrected chi connectivity index (χ1v) is 9.01. The largest absolute Gasteiger partial charge is 0.508 e. The molecule has 6 heteroatoms. The Hall–Kier alpha value is -1.72. The van der Waals surface area contributed by atoms with Gasteiger partial charge in [-0.05, 0) is 43.7 Å². The third-order valence-electron chi connectivity index (χ3n) is 4.57. The SMILES string of the molecule is O=C(O)CCC/C=C\C[C@@H]1[C@@H](COc2cccc(O)c2)[C@H](O)C[C@@H]1Cl. The van der Waals surface area contributed by atoms with Crippen LogP contribution in [0.4, 0.5) is 0 Å². The zero-order valence-corrected chi connectivity index (χ0v) is 14.8. The van der Waals surface area contributed by atoms with Crippen molar-refractivity contribution in [2.45, 2.75) is 43.6 Å². The molecule has 0 heterocycles. The highest BCUT2D eigenvalue weighted by Gasteiger charge is 2.41. The molecule has 0 bridgehead atoms. The molecule has 0 spiro atoms. The fraction of sp³-hybridized carbons (Fsp3) is 0.526. The monoisotopic (exact) mass is 368 g/mol. The summed E-state index contributed by atoms with van der Waals surface area (Å²) in [6.45, 7) is 0.339. The van der Waals surface area contributed by atoms with E-state index in [2.05, 4.69) is 0 Å². The molecule has 5 nitrogen and oxygen atoms in total. The molecule has 0 radical (unpaired) electrons. The predicted octanol–water partition coefficient (Wildman–Crippen LogP) is 3.58. The molecular formula is C19H25ClO5. The van der Waals surface area contributed by atoms with E-state index in [1.165, 1.54) is 6.07 Å². The Kier molecular flexibility index (Phi) is 7.59. The summed E-state index contributed by atoms with van der Waals surface area (Å²) in [4.78, 5) is 10.5. The number of carbonyl (C=O) groups is 1. The second-order valence-electron chi connectivity index (χ2n) is 6.45. The molecule has 25 heavy (non-hydrogen) atoms. The second kappa shape index (κ2) is 9.68. The molecule has 0 saturated heterocycles. The van der Waals surface area contributed by atoms with Crippen molar-refractivity contribution in [3.8, 4) is 11.5 Å². The fourth-order valence-corrected chi connectivity index (χ4v) is 3.67. The number of ether oxygens (including phenoxy) is 1. The zero-order chi connectivity index (χ0) is 18.2. The van der Waals surface area contributed by atoms with Crippen LogP contribution in [0.15, 0.2) is 36.4 Å². The van der Waals surface area contributed by atoms with E-state index >= 15 is 0 Å². The Morgan fingerprint density at radius 2 is 2.12 bits per heavy atom. The number of rotatable bonds is 9. The molecule has 1 aliphatic carbocycles. The lowest BCUT2D eigenvalue weighted by Gasteiger charge is -2.22. The normalized spacial score (nSPS) is 26.2. The third kappa shape index (κ3) is 6.25. The summed E-state index contributed by atoms with van der Waals surface area (Å²) in [7, 11) is 0. The van der Waals surface area contributed by atoms with Crippen LogP contribution < -0.4 is 4.74 Å². The molecule has 0 aromatic heterocycles. The molecule has 0 unspecified atom stereocenters. The lowest BCUT2D eigenvalue weighted by molar-refractivity contribution is -0.137. The first-order chi connectivity index (χ1) is 12.0. The number of aliphatic carboxylic acids is 1. The molecule has 2 rings (SSSR count). The van der Waals surface area contributed by atoms with E-state index in [1.54, 1.807) is 18.2 Å². The molecule has 0 aliphatic heterocycles. The number of aliphatic hydroxyl groups excluding tert-OH is 1. The third-order valence-corrected chi connectivity index (χ3v) is 5.07. The van der Waals surface area contributed by atoms with Crippen molar-refractivity contribution in [1.82, 2.24) is 0 Å². The molecule has 4 atom stereocenters. The topological polar surface area (TPSA) is 87.0 Å². The second-order valence-corrected chi connectivity index (χ2v) is 7.01. The number of alkyl halides is 1. The maximum Gasteiger partial charge on any atom is 0.303 e. The fourth-order valence-electron chi connectivity index (χ4n) is 3.20. The number of hydrogen-bond donors (Lipinski definition) is 3. The molecule has 1 fully saturated rings. The highest BCUT2D eigenvalue weighted by Crippen LogP contribution is 2.39. The van der Waals surface area contributed by atoms with Crippen LogP contribution in [0.25, 0.3) is 0 Å². The van der Waals surface area contributed by atoms with Gasteiger partial charge in [-0.25, -0.2) is 0 Å². The number of allylic oxidation sites excluding steroid dienone is 2. The maximum atomic E-state index is 10.5. The number of phenolic OH excluding ortho intramolecular Hbond substituents is 1. The minimum absolute atomic E-state index is 0.0754. The number of benzene rings is 1. The van der Waals surface area contributed by atoms with Crippen LogP contribution in [-0.2, 0) is 4.79 Å². The highest BCUT2D eigenvalue weighted by atomic mass is 35.5. The number of unbranched alkanes of at least 4 members (excludes halogenated alkanes) is 1. The first-order valence-electron chi connectivity index (χ1n) is 8.58. The lowest BCUT2D eigenvalue weighted by Crippen LogP contribution is -2.27. The Bertz CT molecular complexity index is 589. The number of aliphatic hydroxyl groups is 1. The van der Waals surface area contributed by atoms with Crippen molar-refractivity contribution in [2.24, 2.45) is 11.8 Å². The van der Waals surface area contributed by atoms with Crippen LogP contribution in [0, 0.1) is 11.8 Å². The number of hydrogen-bond acceptors (Lipinski definition) is 4. The summed E-state index contributed by atoms with van der Waals surface area (Å²) in [5.41, 5.74) is 0. The smallest absolute Gasteiger partial charge is 0.303 e. The summed E-state index contributed by atoms with van der Waals surface area (Å²) >= 11 is 6.39. The molecule has 1 aliphatic rings. The Morgan fingerprint density at radius 1 is 1.32 bits per heavy atom. The van der Waals surface area contributed by atoms with Crippen LogP contribution >= 0.6 is 11.6 Å². The Balaban J connectivity index is 1.84. The quantitative estimate of drug-likeness (QED) is 0.352. The van der Waals surface area contributed by atoms with Gasteiger partial charge < -0.3 is 20.1 Å². The number of phenols is 1. The van der Waals surface area contributed by atoms with Crippen molar-refractivity contribution in [2.75, 3.05) is 6.61 Å². The highest BCUT2D eigenvalue weighted by molar-refractivity contribution is 6.21. The van der Waals surface area contributed by atoms with Crippen LogP contribution in [0.2, 0.25) is 0 Å². The van der Waals surface area contributed by atoms with E-state index in [4.69, 9.17) is 21.4 Å². The summed E-state index contributed by atoms with van der Waals surface area (Å²) < 4.78 is 5.72. The van der Waals surface area contributed by atoms with Gasteiger partial charge in [0, 0.05) is 23.8 Å². The standard InChI is InChI=1S/C19H25ClO5/c20-17-11-18(22)16(12-25-14-7-5-6-13(21)10-14)15(17)8-3-1-2-4-9-19(23)24/h1,3,5-7,10,15-18,21-22H,2,4,8-9,11-12H2,(H,23,24)/b3-1-/t15-,16-,17+,18-/m1/s1. The van der Waals surface area contributed by atoms with Crippen molar-refractivity contribution in [3.05, 3.63) is 36.4 Å². The van der Waals surface area contributed by atoms with Gasteiger partial charge in [-0.3, -0.25) is 4.79 Å². The van der Waals surface area contributed by atoms with E-state index in [9.17, 15) is 15.0 Å². The molecule has 138 valence electrons. The van der Waals surface area contributed by atoms with Gasteiger partial charge in [0.1, 0.15) is 11.5 Å². The predicted molar refractivity (Wildman–Crippen MR) is 96.1 cm³/mol. The van der Waals surface area contributed by atoms with Gasteiger partial charge in [0.2, 0.25) is 0 Å². The molecular weight excluding hydrogens is 344 g/mol. The lowest BCUT2D eigenvalue weighted by atomic mass is 9.92. The zero-order valence-electron chi connectivity index (χ0n) is 14.1. The average molecular weight is 369 g/mol. The van der Waals surface area contributed by atoms with Crippen molar-refractivity contribution in [1.29, 1.82) is 0 Å². The van der Waals surface area contributed by atoms with Gasteiger partial charge in [0.05, 0.1) is 12.7 Å². The maximum absolute atomic E-state index is 10.5. The number of carboxylic acid groups (broad SMARTS) is 1. The van der Waals surface area contributed by atoms with E-state index < -0.39 is 12.1 Å². The van der Waals surface area contributed by atoms with Gasteiger partial charge in [0.15, 0.2) is 0 Å². The molecule has 1 aromatic carbocycles. The van der Waals surface area contributed by atoms with Crippen LogP contribution in [0.1, 0.15) is 32.1 Å². The molecule has 0 amide bonds. The van der Waals surface area contributed by atoms with E-state index in [0.29, 0.717) is 25.2 Å². The summed E-state index contributed by atoms with van der Waals surface area (Å²) in [6, 6.07) is 6.58. The number of carboxylic acids is 1. The van der Waals surface area contributed by atoms with E-state index in [1.807, 2.05) is 12.2 Å².